The Labute approximate surface area is 122 Å². The van der Waals surface area contributed by atoms with Crippen molar-refractivity contribution in [1.29, 1.82) is 0 Å². The minimum absolute atomic E-state index is 0.140. The zero-order chi connectivity index (χ0) is 15.1. The molecule has 1 aromatic carbocycles. The zero-order valence-corrected chi connectivity index (χ0v) is 13.3. The van der Waals surface area contributed by atoms with Gasteiger partial charge in [0.25, 0.3) is 0 Å². The lowest BCUT2D eigenvalue weighted by Crippen LogP contribution is -2.31. The van der Waals surface area contributed by atoms with E-state index in [-0.39, 0.29) is 6.04 Å². The number of methoxy groups -OCH3 is 1. The highest BCUT2D eigenvalue weighted by atomic mass is 16.5. The SMILES string of the molecule is CNC(C)c1ccc(N(CCOC)CC(C)C)cc1O. The summed E-state index contributed by atoms with van der Waals surface area (Å²) < 4.78 is 5.17. The van der Waals surface area contributed by atoms with Gasteiger partial charge < -0.3 is 20.1 Å². The van der Waals surface area contributed by atoms with E-state index in [0.717, 1.165) is 24.3 Å². The fourth-order valence-electron chi connectivity index (χ4n) is 2.22. The van der Waals surface area contributed by atoms with Gasteiger partial charge in [-0.15, -0.1) is 0 Å². The first-order valence-electron chi connectivity index (χ1n) is 7.23. The molecule has 0 radical (unpaired) electrons. The van der Waals surface area contributed by atoms with E-state index >= 15 is 0 Å². The van der Waals surface area contributed by atoms with Crippen molar-refractivity contribution in [2.75, 3.05) is 38.8 Å². The van der Waals surface area contributed by atoms with Crippen LogP contribution >= 0.6 is 0 Å². The summed E-state index contributed by atoms with van der Waals surface area (Å²) >= 11 is 0. The Morgan fingerprint density at radius 3 is 2.50 bits per heavy atom. The van der Waals surface area contributed by atoms with E-state index in [4.69, 9.17) is 4.74 Å². The monoisotopic (exact) mass is 280 g/mol. The summed E-state index contributed by atoms with van der Waals surface area (Å²) in [7, 11) is 3.60. The van der Waals surface area contributed by atoms with Gasteiger partial charge in [-0.25, -0.2) is 0 Å². The van der Waals surface area contributed by atoms with Crippen LogP contribution < -0.4 is 10.2 Å². The predicted molar refractivity (Wildman–Crippen MR) is 84.5 cm³/mol. The predicted octanol–water partition coefficient (Wildman–Crippen LogP) is 2.78. The molecule has 0 aliphatic heterocycles. The molecule has 0 bridgehead atoms. The van der Waals surface area contributed by atoms with E-state index in [9.17, 15) is 5.11 Å². The summed E-state index contributed by atoms with van der Waals surface area (Å²) in [5.41, 5.74) is 1.97. The van der Waals surface area contributed by atoms with Gasteiger partial charge in [0.1, 0.15) is 5.75 Å². The molecule has 0 heterocycles. The highest BCUT2D eigenvalue weighted by Gasteiger charge is 2.13. The number of rotatable bonds is 8. The Morgan fingerprint density at radius 2 is 2.00 bits per heavy atom. The van der Waals surface area contributed by atoms with Crippen molar-refractivity contribution in [2.45, 2.75) is 26.8 Å². The van der Waals surface area contributed by atoms with Crippen LogP contribution in [0.3, 0.4) is 0 Å². The maximum Gasteiger partial charge on any atom is 0.122 e. The third-order valence-electron chi connectivity index (χ3n) is 3.43. The molecule has 114 valence electrons. The molecule has 0 aromatic heterocycles. The van der Waals surface area contributed by atoms with Crippen LogP contribution in [0, 0.1) is 5.92 Å². The van der Waals surface area contributed by atoms with Gasteiger partial charge in [-0.3, -0.25) is 0 Å². The molecule has 1 atom stereocenters. The summed E-state index contributed by atoms with van der Waals surface area (Å²) in [5.74, 6) is 0.903. The van der Waals surface area contributed by atoms with Gasteiger partial charge in [0.2, 0.25) is 0 Å². The summed E-state index contributed by atoms with van der Waals surface area (Å²) in [6, 6.07) is 6.05. The number of hydrogen-bond donors (Lipinski definition) is 2. The lowest BCUT2D eigenvalue weighted by atomic mass is 10.1. The number of aromatic hydroxyl groups is 1. The van der Waals surface area contributed by atoms with Crippen LogP contribution in [0.5, 0.6) is 5.75 Å². The van der Waals surface area contributed by atoms with Gasteiger partial charge in [0.05, 0.1) is 6.61 Å². The van der Waals surface area contributed by atoms with E-state index in [1.54, 1.807) is 7.11 Å². The second-order valence-corrected chi connectivity index (χ2v) is 5.59. The van der Waals surface area contributed by atoms with Crippen molar-refractivity contribution in [3.05, 3.63) is 23.8 Å². The molecule has 0 aliphatic carbocycles. The van der Waals surface area contributed by atoms with Gasteiger partial charge >= 0.3 is 0 Å². The Balaban J connectivity index is 2.93. The average molecular weight is 280 g/mol. The van der Waals surface area contributed by atoms with Gasteiger partial charge in [-0.2, -0.15) is 0 Å². The third-order valence-corrected chi connectivity index (χ3v) is 3.43. The van der Waals surface area contributed by atoms with Gasteiger partial charge in [0.15, 0.2) is 0 Å². The minimum Gasteiger partial charge on any atom is -0.508 e. The molecule has 1 aromatic rings. The number of anilines is 1. The number of phenols is 1. The third kappa shape index (κ3) is 4.69. The topological polar surface area (TPSA) is 44.7 Å². The maximum atomic E-state index is 10.2. The maximum absolute atomic E-state index is 10.2. The zero-order valence-electron chi connectivity index (χ0n) is 13.3. The van der Waals surface area contributed by atoms with Crippen molar-refractivity contribution in [3.8, 4) is 5.75 Å². The summed E-state index contributed by atoms with van der Waals surface area (Å²) in [6.45, 7) is 8.88. The molecule has 0 saturated carbocycles. The average Bonchev–Trinajstić information content (AvgIpc) is 2.42. The van der Waals surface area contributed by atoms with Crippen LogP contribution in [0.15, 0.2) is 18.2 Å². The highest BCUT2D eigenvalue weighted by Crippen LogP contribution is 2.29. The normalized spacial score (nSPS) is 12.7. The van der Waals surface area contributed by atoms with Gasteiger partial charge in [-0.05, 0) is 26.0 Å². The Bertz CT molecular complexity index is 407. The van der Waals surface area contributed by atoms with Crippen LogP contribution in [0.1, 0.15) is 32.4 Å². The number of hydrogen-bond acceptors (Lipinski definition) is 4. The number of phenolic OH excluding ortho intramolecular Hbond substituents is 1. The number of ether oxygens (including phenoxy) is 1. The van der Waals surface area contributed by atoms with Crippen molar-refractivity contribution < 1.29 is 9.84 Å². The van der Waals surface area contributed by atoms with Gasteiger partial charge in [-0.1, -0.05) is 19.9 Å². The number of nitrogens with zero attached hydrogens (tertiary/aromatic N) is 1. The fourth-order valence-corrected chi connectivity index (χ4v) is 2.22. The molecule has 0 spiro atoms. The van der Waals surface area contributed by atoms with Crippen molar-refractivity contribution >= 4 is 5.69 Å². The van der Waals surface area contributed by atoms with E-state index in [1.165, 1.54) is 0 Å². The lowest BCUT2D eigenvalue weighted by Gasteiger charge is -2.27. The minimum atomic E-state index is 0.140. The molecule has 4 heteroatoms. The van der Waals surface area contributed by atoms with Crippen molar-refractivity contribution in [1.82, 2.24) is 5.32 Å². The Kier molecular flexibility index (Phi) is 6.82. The first-order chi connectivity index (χ1) is 9.49. The molecule has 1 rings (SSSR count). The summed E-state index contributed by atoms with van der Waals surface area (Å²) in [4.78, 5) is 2.25. The summed E-state index contributed by atoms with van der Waals surface area (Å²) in [5, 5.41) is 13.3. The molecular weight excluding hydrogens is 252 g/mol. The molecular formula is C16H28N2O2. The Hall–Kier alpha value is -1.26. The molecule has 20 heavy (non-hydrogen) atoms. The van der Waals surface area contributed by atoms with E-state index < -0.39 is 0 Å². The Morgan fingerprint density at radius 1 is 1.30 bits per heavy atom. The highest BCUT2D eigenvalue weighted by molar-refractivity contribution is 5.54. The summed E-state index contributed by atoms with van der Waals surface area (Å²) in [6.07, 6.45) is 0. The van der Waals surface area contributed by atoms with Crippen molar-refractivity contribution in [2.24, 2.45) is 5.92 Å². The van der Waals surface area contributed by atoms with E-state index in [2.05, 4.69) is 30.1 Å². The second-order valence-electron chi connectivity index (χ2n) is 5.59. The smallest absolute Gasteiger partial charge is 0.122 e. The molecule has 2 N–H and O–H groups in total. The van der Waals surface area contributed by atoms with E-state index in [0.29, 0.717) is 18.3 Å². The fraction of sp³-hybridized carbons (Fsp3) is 0.625. The molecule has 0 aliphatic rings. The van der Waals surface area contributed by atoms with Crippen LogP contribution in [-0.2, 0) is 4.74 Å². The number of benzene rings is 1. The standard InChI is InChI=1S/C16H28N2O2/c1-12(2)11-18(8-9-20-5)14-6-7-15(13(3)17-4)16(19)10-14/h6-7,10,12-13,17,19H,8-9,11H2,1-5H3. The van der Waals surface area contributed by atoms with Crippen LogP contribution in [-0.4, -0.2) is 39.0 Å². The van der Waals surface area contributed by atoms with Crippen LogP contribution in [0.4, 0.5) is 5.69 Å². The van der Waals surface area contributed by atoms with Crippen LogP contribution in [0.2, 0.25) is 0 Å². The molecule has 0 saturated heterocycles. The molecule has 0 amide bonds. The van der Waals surface area contributed by atoms with E-state index in [1.807, 2.05) is 26.1 Å². The van der Waals surface area contributed by atoms with Crippen molar-refractivity contribution in [3.63, 3.8) is 0 Å². The first kappa shape index (κ1) is 16.8. The lowest BCUT2D eigenvalue weighted by molar-refractivity contribution is 0.204. The largest absolute Gasteiger partial charge is 0.508 e. The molecule has 0 fully saturated rings. The quantitative estimate of drug-likeness (QED) is 0.768. The second kappa shape index (κ2) is 8.12. The molecule has 1 unspecified atom stereocenters. The van der Waals surface area contributed by atoms with Gasteiger partial charge in [0, 0.05) is 43.6 Å². The first-order valence-corrected chi connectivity index (χ1v) is 7.23. The number of nitrogens with one attached hydrogen (secondary N) is 1. The molecule has 4 nitrogen and oxygen atoms in total. The van der Waals surface area contributed by atoms with Crippen LogP contribution in [0.25, 0.3) is 0 Å².